The van der Waals surface area contributed by atoms with Gasteiger partial charge in [-0.1, -0.05) is 56.3 Å². The van der Waals surface area contributed by atoms with E-state index in [9.17, 15) is 33.9 Å². The Kier molecular flexibility index (Phi) is 15.5. The van der Waals surface area contributed by atoms with E-state index in [2.05, 4.69) is 32.5 Å². The van der Waals surface area contributed by atoms with Crippen molar-refractivity contribution in [2.24, 2.45) is 5.92 Å². The number of rotatable bonds is 18. The molecule has 0 saturated carbocycles. The van der Waals surface area contributed by atoms with Crippen molar-refractivity contribution in [1.82, 2.24) is 26.6 Å². The van der Waals surface area contributed by atoms with Crippen LogP contribution in [0.1, 0.15) is 51.2 Å². The minimum atomic E-state index is -1.03. The van der Waals surface area contributed by atoms with E-state index in [1.165, 1.54) is 19.1 Å². The number of hydrogen-bond donors (Lipinski definition) is 6. The minimum Gasteiger partial charge on any atom is -0.508 e. The Morgan fingerprint density at radius 3 is 1.87 bits per heavy atom. The van der Waals surface area contributed by atoms with Gasteiger partial charge in [0.2, 0.25) is 29.5 Å². The highest BCUT2D eigenvalue weighted by molar-refractivity contribution is 5.94. The van der Waals surface area contributed by atoms with Gasteiger partial charge in [0.25, 0.3) is 0 Å². The SMILES string of the molecule is C#CCCC(=O)N[C@@H](Cc1ccc(O)cc1)C(=O)NCC(=O)NCC(=O)N[C@@H](Cc1ccccc1)C(=O)N[C@@H](CC(C)C)C(C)=O. The van der Waals surface area contributed by atoms with Crippen molar-refractivity contribution in [2.75, 3.05) is 13.1 Å². The first-order valence-electron chi connectivity index (χ1n) is 15.1. The molecular formula is C34H43N5O7. The van der Waals surface area contributed by atoms with Gasteiger partial charge in [-0.15, -0.1) is 12.3 Å². The summed E-state index contributed by atoms with van der Waals surface area (Å²) in [6.07, 6.45) is 6.11. The van der Waals surface area contributed by atoms with Gasteiger partial charge in [-0.05, 0) is 42.5 Å². The van der Waals surface area contributed by atoms with Gasteiger partial charge in [-0.3, -0.25) is 28.8 Å². The molecule has 3 atom stereocenters. The smallest absolute Gasteiger partial charge is 0.243 e. The average molecular weight is 634 g/mol. The number of terminal acetylenes is 1. The zero-order chi connectivity index (χ0) is 34.1. The largest absolute Gasteiger partial charge is 0.508 e. The van der Waals surface area contributed by atoms with Crippen LogP contribution in [-0.2, 0) is 41.6 Å². The molecule has 5 amide bonds. The van der Waals surface area contributed by atoms with Crippen LogP contribution in [0.5, 0.6) is 5.75 Å². The van der Waals surface area contributed by atoms with Gasteiger partial charge in [0.15, 0.2) is 5.78 Å². The van der Waals surface area contributed by atoms with Gasteiger partial charge in [0.05, 0.1) is 19.1 Å². The van der Waals surface area contributed by atoms with Crippen LogP contribution in [0.2, 0.25) is 0 Å². The molecule has 0 radical (unpaired) electrons. The molecule has 2 aromatic carbocycles. The molecule has 0 bridgehead atoms. The molecule has 246 valence electrons. The molecule has 0 heterocycles. The molecule has 2 rings (SSSR count). The second kappa shape index (κ2) is 19.3. The lowest BCUT2D eigenvalue weighted by atomic mass is 9.99. The first kappa shape index (κ1) is 37.0. The van der Waals surface area contributed by atoms with E-state index in [4.69, 9.17) is 6.42 Å². The number of carbonyl (C=O) groups excluding carboxylic acids is 6. The molecular weight excluding hydrogens is 590 g/mol. The summed E-state index contributed by atoms with van der Waals surface area (Å²) in [5.41, 5.74) is 1.44. The number of Topliss-reactive ketones (excluding diaryl/α,β-unsaturated/α-hetero) is 1. The summed E-state index contributed by atoms with van der Waals surface area (Å²) >= 11 is 0. The summed E-state index contributed by atoms with van der Waals surface area (Å²) in [6, 6.07) is 12.4. The van der Waals surface area contributed by atoms with Gasteiger partial charge in [-0.2, -0.15) is 0 Å². The van der Waals surface area contributed by atoms with Crippen LogP contribution in [0.25, 0.3) is 0 Å². The van der Waals surface area contributed by atoms with Gasteiger partial charge < -0.3 is 31.7 Å². The van der Waals surface area contributed by atoms with E-state index in [1.54, 1.807) is 36.4 Å². The third-order valence-corrected chi connectivity index (χ3v) is 6.84. The molecule has 0 aliphatic carbocycles. The maximum absolute atomic E-state index is 13.2. The number of ketones is 1. The number of nitrogens with one attached hydrogen (secondary N) is 5. The lowest BCUT2D eigenvalue weighted by Crippen LogP contribution is -2.54. The van der Waals surface area contributed by atoms with Crippen LogP contribution in [0.15, 0.2) is 54.6 Å². The topological polar surface area (TPSA) is 183 Å². The molecule has 0 spiro atoms. The van der Waals surface area contributed by atoms with Crippen molar-refractivity contribution in [3.63, 3.8) is 0 Å². The van der Waals surface area contributed by atoms with Crippen LogP contribution < -0.4 is 26.6 Å². The second-order valence-corrected chi connectivity index (χ2v) is 11.3. The third-order valence-electron chi connectivity index (χ3n) is 6.84. The molecule has 12 nitrogen and oxygen atoms in total. The number of benzene rings is 2. The van der Waals surface area contributed by atoms with Gasteiger partial charge in [0.1, 0.15) is 17.8 Å². The standard InChI is InChI=1S/C34H43N5O7/c1-5-6-12-30(42)37-28(19-25-13-15-26(41)16-14-25)33(45)36-20-31(43)35-21-32(44)38-29(18-24-10-8-7-9-11-24)34(46)39-27(23(4)40)17-22(2)3/h1,7-11,13-16,22,27-29,41H,6,12,17-21H2,2-4H3,(H,35,43)(H,36,45)(H,37,42)(H,38,44)(H,39,46)/t27-,28-,29-/m0/s1. The highest BCUT2D eigenvalue weighted by Crippen LogP contribution is 2.12. The second-order valence-electron chi connectivity index (χ2n) is 11.3. The molecule has 0 aliphatic rings. The number of carbonyl (C=O) groups is 6. The third kappa shape index (κ3) is 14.1. The van der Waals surface area contributed by atoms with Crippen LogP contribution in [0.3, 0.4) is 0 Å². The van der Waals surface area contributed by atoms with E-state index < -0.39 is 60.8 Å². The van der Waals surface area contributed by atoms with E-state index in [1.807, 2.05) is 19.9 Å². The molecule has 6 N–H and O–H groups in total. The average Bonchev–Trinajstić information content (AvgIpc) is 3.01. The molecule has 0 fully saturated rings. The fourth-order valence-electron chi connectivity index (χ4n) is 4.44. The summed E-state index contributed by atoms with van der Waals surface area (Å²) in [4.78, 5) is 75.8. The predicted molar refractivity (Wildman–Crippen MR) is 172 cm³/mol. The summed E-state index contributed by atoms with van der Waals surface area (Å²) in [7, 11) is 0. The summed E-state index contributed by atoms with van der Waals surface area (Å²) < 4.78 is 0. The molecule has 12 heteroatoms. The zero-order valence-electron chi connectivity index (χ0n) is 26.4. The molecule has 46 heavy (non-hydrogen) atoms. The van der Waals surface area contributed by atoms with Crippen molar-refractivity contribution in [3.05, 3.63) is 65.7 Å². The van der Waals surface area contributed by atoms with E-state index in [0.29, 0.717) is 12.0 Å². The van der Waals surface area contributed by atoms with E-state index in [-0.39, 0.29) is 43.1 Å². The fourth-order valence-corrected chi connectivity index (χ4v) is 4.44. The first-order valence-corrected chi connectivity index (χ1v) is 15.1. The van der Waals surface area contributed by atoms with Gasteiger partial charge >= 0.3 is 0 Å². The highest BCUT2D eigenvalue weighted by atomic mass is 16.3. The Morgan fingerprint density at radius 2 is 1.28 bits per heavy atom. The maximum atomic E-state index is 13.2. The Bertz CT molecular complexity index is 1390. The van der Waals surface area contributed by atoms with E-state index in [0.717, 1.165) is 5.56 Å². The maximum Gasteiger partial charge on any atom is 0.243 e. The lowest BCUT2D eigenvalue weighted by Gasteiger charge is -2.23. The number of amides is 5. The quantitative estimate of drug-likeness (QED) is 0.132. The van der Waals surface area contributed by atoms with Crippen LogP contribution in [-0.4, -0.2) is 71.6 Å². The number of phenols is 1. The van der Waals surface area contributed by atoms with Crippen molar-refractivity contribution >= 4 is 35.3 Å². The fraction of sp³-hybridized carbons (Fsp3) is 0.412. The Balaban J connectivity index is 1.98. The number of aromatic hydroxyl groups is 1. The number of hydrogen-bond acceptors (Lipinski definition) is 7. The Hall–Kier alpha value is -5.18. The number of phenolic OH excluding ortho intramolecular Hbond substituents is 1. The van der Waals surface area contributed by atoms with Gasteiger partial charge in [0, 0.05) is 25.7 Å². The van der Waals surface area contributed by atoms with Crippen LogP contribution >= 0.6 is 0 Å². The van der Waals surface area contributed by atoms with Crippen molar-refractivity contribution in [3.8, 4) is 18.1 Å². The van der Waals surface area contributed by atoms with Crippen molar-refractivity contribution in [1.29, 1.82) is 0 Å². The first-order chi connectivity index (χ1) is 21.9. The molecule has 0 aromatic heterocycles. The van der Waals surface area contributed by atoms with Crippen molar-refractivity contribution in [2.45, 2.75) is 71.0 Å². The molecule has 0 unspecified atom stereocenters. The molecule has 2 aromatic rings. The summed E-state index contributed by atoms with van der Waals surface area (Å²) in [5.74, 6) is -0.569. The van der Waals surface area contributed by atoms with Crippen LogP contribution in [0, 0.1) is 18.3 Å². The monoisotopic (exact) mass is 633 g/mol. The normalized spacial score (nSPS) is 12.5. The predicted octanol–water partition coefficient (Wildman–Crippen LogP) is 0.913. The van der Waals surface area contributed by atoms with E-state index >= 15 is 0 Å². The van der Waals surface area contributed by atoms with Gasteiger partial charge in [-0.25, -0.2) is 0 Å². The molecule has 0 aliphatic heterocycles. The van der Waals surface area contributed by atoms with Crippen molar-refractivity contribution < 1.29 is 33.9 Å². The molecule has 0 saturated heterocycles. The minimum absolute atomic E-state index is 0.0158. The highest BCUT2D eigenvalue weighted by Gasteiger charge is 2.26. The Morgan fingerprint density at radius 1 is 0.717 bits per heavy atom. The zero-order valence-corrected chi connectivity index (χ0v) is 26.4. The Labute approximate surface area is 269 Å². The summed E-state index contributed by atoms with van der Waals surface area (Å²) in [6.45, 7) is 4.30. The lowest BCUT2D eigenvalue weighted by molar-refractivity contribution is -0.132. The summed E-state index contributed by atoms with van der Waals surface area (Å²) in [5, 5.41) is 22.4. The van der Waals surface area contributed by atoms with Crippen LogP contribution in [0.4, 0.5) is 0 Å².